The number of rotatable bonds is 4. The van der Waals surface area contributed by atoms with Gasteiger partial charge in [0.15, 0.2) is 0 Å². The minimum absolute atomic E-state index is 0.162. The molecule has 0 saturated carbocycles. The van der Waals surface area contributed by atoms with E-state index in [-0.39, 0.29) is 12.5 Å². The van der Waals surface area contributed by atoms with Crippen LogP contribution in [0, 0.1) is 6.92 Å². The Kier molecular flexibility index (Phi) is 5.15. The highest BCUT2D eigenvalue weighted by atomic mass is 16.5. The molecule has 2 unspecified atom stereocenters. The standard InChI is InChI=1S/C20H24N2O4/c1-12-4-6-13(7-5-12)19(21)20(24)22-10-14-16(25-2)8-9-17(26-3)18(14)15(23)11-22/h4-9,15,19,23H,10-11,21H2,1-3H3. The molecule has 2 aromatic carbocycles. The second kappa shape index (κ2) is 7.35. The summed E-state index contributed by atoms with van der Waals surface area (Å²) in [5, 5.41) is 10.6. The van der Waals surface area contributed by atoms with Crippen LogP contribution in [0.3, 0.4) is 0 Å². The van der Waals surface area contributed by atoms with E-state index in [9.17, 15) is 9.90 Å². The van der Waals surface area contributed by atoms with Crippen LogP contribution in [0.5, 0.6) is 11.5 Å². The van der Waals surface area contributed by atoms with Gasteiger partial charge in [-0.3, -0.25) is 4.79 Å². The van der Waals surface area contributed by atoms with Crippen LogP contribution in [0.1, 0.15) is 34.4 Å². The number of fused-ring (bicyclic) bond motifs is 1. The van der Waals surface area contributed by atoms with Gasteiger partial charge in [-0.25, -0.2) is 0 Å². The van der Waals surface area contributed by atoms with Crippen LogP contribution in [0.2, 0.25) is 0 Å². The zero-order valence-corrected chi connectivity index (χ0v) is 15.2. The molecule has 0 aromatic heterocycles. The first kappa shape index (κ1) is 18.2. The topological polar surface area (TPSA) is 85.0 Å². The Labute approximate surface area is 153 Å². The Hall–Kier alpha value is -2.57. The molecular weight excluding hydrogens is 332 g/mol. The normalized spacial score (nSPS) is 17.4. The van der Waals surface area contributed by atoms with Crippen LogP contribution in [0.25, 0.3) is 0 Å². The van der Waals surface area contributed by atoms with E-state index in [2.05, 4.69) is 0 Å². The molecule has 0 bridgehead atoms. The van der Waals surface area contributed by atoms with Gasteiger partial charge in [-0.15, -0.1) is 0 Å². The summed E-state index contributed by atoms with van der Waals surface area (Å²) in [5.74, 6) is 0.966. The summed E-state index contributed by atoms with van der Waals surface area (Å²) < 4.78 is 10.8. The molecule has 2 aromatic rings. The van der Waals surface area contributed by atoms with Crippen molar-refractivity contribution in [1.29, 1.82) is 0 Å². The molecule has 1 amide bonds. The molecule has 6 heteroatoms. The fourth-order valence-corrected chi connectivity index (χ4v) is 3.36. The Balaban J connectivity index is 1.90. The summed E-state index contributed by atoms with van der Waals surface area (Å²) in [4.78, 5) is 14.5. The zero-order chi connectivity index (χ0) is 18.8. The molecular formula is C20H24N2O4. The minimum atomic E-state index is -0.863. The number of carbonyl (C=O) groups is 1. The maximum atomic E-state index is 12.9. The largest absolute Gasteiger partial charge is 0.496 e. The van der Waals surface area contributed by atoms with Gasteiger partial charge in [0.25, 0.3) is 0 Å². The second-order valence-corrected chi connectivity index (χ2v) is 6.49. The van der Waals surface area contributed by atoms with E-state index in [4.69, 9.17) is 15.2 Å². The molecule has 0 spiro atoms. The fourth-order valence-electron chi connectivity index (χ4n) is 3.36. The number of aliphatic hydroxyl groups is 1. The third kappa shape index (κ3) is 3.25. The number of hydrogen-bond donors (Lipinski definition) is 2. The Morgan fingerprint density at radius 3 is 2.38 bits per heavy atom. The molecule has 1 aliphatic heterocycles. The summed E-state index contributed by atoms with van der Waals surface area (Å²) in [6.07, 6.45) is -0.863. The van der Waals surface area contributed by atoms with Crippen molar-refractivity contribution >= 4 is 5.91 Å². The van der Waals surface area contributed by atoms with Crippen molar-refractivity contribution in [1.82, 2.24) is 4.90 Å². The average molecular weight is 356 g/mol. The maximum Gasteiger partial charge on any atom is 0.244 e. The van der Waals surface area contributed by atoms with Crippen LogP contribution in [0.15, 0.2) is 36.4 Å². The lowest BCUT2D eigenvalue weighted by Gasteiger charge is -2.35. The first-order valence-electron chi connectivity index (χ1n) is 8.49. The van der Waals surface area contributed by atoms with Gasteiger partial charge in [0.2, 0.25) is 5.91 Å². The highest BCUT2D eigenvalue weighted by Crippen LogP contribution is 2.39. The number of aryl methyl sites for hydroxylation is 1. The lowest BCUT2D eigenvalue weighted by Crippen LogP contribution is -2.43. The first-order chi connectivity index (χ1) is 12.5. The monoisotopic (exact) mass is 356 g/mol. The number of ether oxygens (including phenoxy) is 2. The van der Waals surface area contributed by atoms with Crippen molar-refractivity contribution in [2.75, 3.05) is 20.8 Å². The smallest absolute Gasteiger partial charge is 0.244 e. The molecule has 0 saturated heterocycles. The molecule has 26 heavy (non-hydrogen) atoms. The number of benzene rings is 2. The van der Waals surface area contributed by atoms with Crippen LogP contribution in [-0.4, -0.2) is 36.7 Å². The summed E-state index contributed by atoms with van der Waals surface area (Å²) in [5.41, 5.74) is 9.45. The minimum Gasteiger partial charge on any atom is -0.496 e. The number of hydrogen-bond acceptors (Lipinski definition) is 5. The van der Waals surface area contributed by atoms with Crippen LogP contribution in [0.4, 0.5) is 0 Å². The van der Waals surface area contributed by atoms with Gasteiger partial charge in [-0.2, -0.15) is 0 Å². The van der Waals surface area contributed by atoms with Crippen molar-refractivity contribution in [3.8, 4) is 11.5 Å². The number of amides is 1. The van der Waals surface area contributed by atoms with Crippen molar-refractivity contribution < 1.29 is 19.4 Å². The quantitative estimate of drug-likeness (QED) is 0.876. The predicted molar refractivity (Wildman–Crippen MR) is 98.0 cm³/mol. The highest BCUT2D eigenvalue weighted by Gasteiger charge is 2.33. The maximum absolute atomic E-state index is 12.9. The Bertz CT molecular complexity index is 804. The fraction of sp³-hybridized carbons (Fsp3) is 0.350. The molecule has 3 N–H and O–H groups in total. The average Bonchev–Trinajstić information content (AvgIpc) is 2.66. The molecule has 0 fully saturated rings. The number of carbonyl (C=O) groups excluding carboxylic acids is 1. The van der Waals surface area contributed by atoms with Gasteiger partial charge in [0, 0.05) is 17.7 Å². The van der Waals surface area contributed by atoms with E-state index in [1.807, 2.05) is 31.2 Å². The van der Waals surface area contributed by atoms with E-state index < -0.39 is 12.1 Å². The molecule has 0 radical (unpaired) electrons. The van der Waals surface area contributed by atoms with Crippen molar-refractivity contribution in [3.05, 3.63) is 58.7 Å². The molecule has 1 aliphatic rings. The third-order valence-electron chi connectivity index (χ3n) is 4.80. The van der Waals surface area contributed by atoms with E-state index in [1.165, 1.54) is 0 Å². The number of nitrogens with two attached hydrogens (primary N) is 1. The number of nitrogens with zero attached hydrogens (tertiary/aromatic N) is 1. The molecule has 0 aliphatic carbocycles. The molecule has 138 valence electrons. The van der Waals surface area contributed by atoms with E-state index in [1.54, 1.807) is 31.3 Å². The van der Waals surface area contributed by atoms with Gasteiger partial charge >= 0.3 is 0 Å². The van der Waals surface area contributed by atoms with Crippen LogP contribution < -0.4 is 15.2 Å². The van der Waals surface area contributed by atoms with Crippen LogP contribution in [-0.2, 0) is 11.3 Å². The lowest BCUT2D eigenvalue weighted by atomic mass is 9.94. The van der Waals surface area contributed by atoms with E-state index >= 15 is 0 Å². The Morgan fingerprint density at radius 2 is 1.77 bits per heavy atom. The third-order valence-corrected chi connectivity index (χ3v) is 4.80. The summed E-state index contributed by atoms with van der Waals surface area (Å²) in [7, 11) is 3.12. The second-order valence-electron chi connectivity index (χ2n) is 6.49. The molecule has 6 nitrogen and oxygen atoms in total. The lowest BCUT2D eigenvalue weighted by molar-refractivity contribution is -0.135. The SMILES string of the molecule is COc1ccc(OC)c2c1CN(C(=O)C(N)c1ccc(C)cc1)CC2O. The van der Waals surface area contributed by atoms with Gasteiger partial charge < -0.3 is 25.2 Å². The van der Waals surface area contributed by atoms with Crippen molar-refractivity contribution in [2.45, 2.75) is 25.6 Å². The first-order valence-corrected chi connectivity index (χ1v) is 8.49. The number of methoxy groups -OCH3 is 2. The molecule has 2 atom stereocenters. The van der Waals surface area contributed by atoms with Gasteiger partial charge in [0.05, 0.1) is 20.8 Å². The highest BCUT2D eigenvalue weighted by molar-refractivity contribution is 5.83. The van der Waals surface area contributed by atoms with Crippen LogP contribution >= 0.6 is 0 Å². The number of β-amino-alcohol motifs (C(OH)–C–C–N with tert-alkyl or cyclic N) is 1. The summed E-state index contributed by atoms with van der Waals surface area (Å²) in [6.45, 7) is 2.45. The zero-order valence-electron chi connectivity index (χ0n) is 15.2. The molecule has 3 rings (SSSR count). The molecule has 1 heterocycles. The summed E-state index contributed by atoms with van der Waals surface area (Å²) in [6, 6.07) is 10.3. The van der Waals surface area contributed by atoms with Gasteiger partial charge in [-0.05, 0) is 24.6 Å². The van der Waals surface area contributed by atoms with Gasteiger partial charge in [-0.1, -0.05) is 29.8 Å². The number of aliphatic hydroxyl groups excluding tert-OH is 1. The Morgan fingerprint density at radius 1 is 1.15 bits per heavy atom. The van der Waals surface area contributed by atoms with Gasteiger partial charge in [0.1, 0.15) is 23.6 Å². The van der Waals surface area contributed by atoms with Crippen molar-refractivity contribution in [2.24, 2.45) is 5.73 Å². The summed E-state index contributed by atoms with van der Waals surface area (Å²) >= 11 is 0. The van der Waals surface area contributed by atoms with Crippen molar-refractivity contribution in [3.63, 3.8) is 0 Å². The van der Waals surface area contributed by atoms with E-state index in [0.29, 0.717) is 23.6 Å². The van der Waals surface area contributed by atoms with E-state index in [0.717, 1.165) is 16.7 Å². The predicted octanol–water partition coefficient (Wildman–Crippen LogP) is 2.09.